The number of methoxy groups -OCH3 is 1. The molecule has 1 aromatic rings. The van der Waals surface area contributed by atoms with Crippen LogP contribution in [0.15, 0.2) is 16.6 Å². The third-order valence-electron chi connectivity index (χ3n) is 2.65. The number of halogens is 1. The van der Waals surface area contributed by atoms with Gasteiger partial charge >= 0.3 is 5.97 Å². The molecule has 0 saturated carbocycles. The fourth-order valence-electron chi connectivity index (χ4n) is 1.76. The monoisotopic (exact) mass is 345 g/mol. The minimum Gasteiger partial charge on any atom is -0.493 e. The van der Waals surface area contributed by atoms with Crippen LogP contribution in [0, 0.1) is 0 Å². The maximum Gasteiger partial charge on any atom is 0.303 e. The minimum absolute atomic E-state index is 0.184. The molecule has 0 radical (unpaired) electrons. The summed E-state index contributed by atoms with van der Waals surface area (Å²) < 4.78 is 11.7. The van der Waals surface area contributed by atoms with Crippen molar-refractivity contribution >= 4 is 21.9 Å². The van der Waals surface area contributed by atoms with Crippen LogP contribution in [-0.4, -0.2) is 31.3 Å². The van der Waals surface area contributed by atoms with Gasteiger partial charge in [-0.3, -0.25) is 4.79 Å². The lowest BCUT2D eigenvalue weighted by Gasteiger charge is -2.13. The third-order valence-corrected chi connectivity index (χ3v) is 3.24. The lowest BCUT2D eigenvalue weighted by Crippen LogP contribution is -2.16. The highest BCUT2D eigenvalue weighted by Gasteiger charge is 2.11. The van der Waals surface area contributed by atoms with Crippen molar-refractivity contribution in [2.75, 3.05) is 20.3 Å². The van der Waals surface area contributed by atoms with Crippen LogP contribution in [0.1, 0.15) is 25.3 Å². The topological polar surface area (TPSA) is 67.8 Å². The van der Waals surface area contributed by atoms with Crippen molar-refractivity contribution in [3.05, 3.63) is 22.2 Å². The minimum atomic E-state index is -0.766. The molecule has 0 aliphatic rings. The lowest BCUT2D eigenvalue weighted by molar-refractivity contribution is -0.137. The predicted octanol–water partition coefficient (Wildman–Crippen LogP) is 2.81. The highest BCUT2D eigenvalue weighted by molar-refractivity contribution is 9.10. The molecular formula is C14H20BrNO4. The van der Waals surface area contributed by atoms with Gasteiger partial charge in [0, 0.05) is 13.0 Å². The van der Waals surface area contributed by atoms with Gasteiger partial charge in [0.15, 0.2) is 11.5 Å². The molecule has 0 heterocycles. The first-order valence-electron chi connectivity index (χ1n) is 6.50. The van der Waals surface area contributed by atoms with Crippen molar-refractivity contribution in [1.82, 2.24) is 5.32 Å². The number of hydrogen-bond donors (Lipinski definition) is 2. The van der Waals surface area contributed by atoms with E-state index in [9.17, 15) is 4.79 Å². The third kappa shape index (κ3) is 5.38. The molecule has 20 heavy (non-hydrogen) atoms. The van der Waals surface area contributed by atoms with E-state index < -0.39 is 5.97 Å². The van der Waals surface area contributed by atoms with Crippen LogP contribution in [0.3, 0.4) is 0 Å². The molecule has 1 rings (SSSR count). The maximum atomic E-state index is 10.4. The molecule has 5 nitrogen and oxygen atoms in total. The average molecular weight is 346 g/mol. The van der Waals surface area contributed by atoms with E-state index in [1.54, 1.807) is 7.11 Å². The van der Waals surface area contributed by atoms with E-state index in [1.807, 2.05) is 19.1 Å². The molecule has 0 aromatic heterocycles. The molecule has 0 saturated heterocycles. The van der Waals surface area contributed by atoms with Gasteiger partial charge in [-0.05, 0) is 53.5 Å². The molecule has 2 N–H and O–H groups in total. The molecule has 0 amide bonds. The molecule has 0 aliphatic heterocycles. The summed E-state index contributed by atoms with van der Waals surface area (Å²) in [5, 5.41) is 11.8. The number of ether oxygens (including phenoxy) is 2. The van der Waals surface area contributed by atoms with Crippen LogP contribution < -0.4 is 14.8 Å². The Hall–Kier alpha value is -1.27. The molecule has 0 aliphatic carbocycles. The zero-order valence-corrected chi connectivity index (χ0v) is 13.3. The maximum absolute atomic E-state index is 10.4. The van der Waals surface area contributed by atoms with E-state index in [0.717, 1.165) is 10.0 Å². The summed E-state index contributed by atoms with van der Waals surface area (Å²) in [7, 11) is 1.61. The lowest BCUT2D eigenvalue weighted by atomic mass is 10.2. The summed E-state index contributed by atoms with van der Waals surface area (Å²) in [6, 6.07) is 3.89. The zero-order chi connectivity index (χ0) is 15.0. The van der Waals surface area contributed by atoms with E-state index in [2.05, 4.69) is 21.2 Å². The Labute approximate surface area is 127 Å². The molecular weight excluding hydrogens is 326 g/mol. The van der Waals surface area contributed by atoms with Gasteiger partial charge in [0.2, 0.25) is 0 Å². The van der Waals surface area contributed by atoms with Crippen LogP contribution in [0.2, 0.25) is 0 Å². The summed E-state index contributed by atoms with van der Waals surface area (Å²) in [6.45, 7) is 3.81. The second kappa shape index (κ2) is 8.81. The summed E-state index contributed by atoms with van der Waals surface area (Å²) in [5.74, 6) is 0.616. The van der Waals surface area contributed by atoms with E-state index in [4.69, 9.17) is 14.6 Å². The molecule has 1 aromatic carbocycles. The summed E-state index contributed by atoms with van der Waals surface area (Å²) in [6.07, 6.45) is 0.800. The molecule has 0 spiro atoms. The Morgan fingerprint density at radius 2 is 2.20 bits per heavy atom. The second-order valence-corrected chi connectivity index (χ2v) is 5.07. The number of carboxylic acids is 1. The quantitative estimate of drug-likeness (QED) is 0.673. The number of benzene rings is 1. The fraction of sp³-hybridized carbons (Fsp3) is 0.500. The van der Waals surface area contributed by atoms with Crippen molar-refractivity contribution in [1.29, 1.82) is 0 Å². The largest absolute Gasteiger partial charge is 0.493 e. The molecule has 0 atom stereocenters. The van der Waals surface area contributed by atoms with Gasteiger partial charge in [0.1, 0.15) is 0 Å². The van der Waals surface area contributed by atoms with E-state index in [0.29, 0.717) is 37.6 Å². The van der Waals surface area contributed by atoms with Crippen LogP contribution in [-0.2, 0) is 11.3 Å². The van der Waals surface area contributed by atoms with Gasteiger partial charge in [-0.1, -0.05) is 0 Å². The van der Waals surface area contributed by atoms with Gasteiger partial charge in [-0.15, -0.1) is 0 Å². The summed E-state index contributed by atoms with van der Waals surface area (Å²) >= 11 is 3.47. The number of nitrogens with one attached hydrogen (secondary N) is 1. The standard InChI is InChI=1S/C14H20BrNO4/c1-3-20-14-11(15)7-10(8-12(14)19-2)9-16-6-4-5-13(17)18/h7-8,16H,3-6,9H2,1-2H3,(H,17,18). The highest BCUT2D eigenvalue weighted by Crippen LogP contribution is 2.36. The van der Waals surface area contributed by atoms with Crippen molar-refractivity contribution in [3.63, 3.8) is 0 Å². The first kappa shape index (κ1) is 16.8. The first-order valence-corrected chi connectivity index (χ1v) is 7.29. The summed E-state index contributed by atoms with van der Waals surface area (Å²) in [4.78, 5) is 10.4. The Balaban J connectivity index is 2.58. The van der Waals surface area contributed by atoms with Crippen molar-refractivity contribution in [2.45, 2.75) is 26.3 Å². The smallest absolute Gasteiger partial charge is 0.303 e. The Kier molecular flexibility index (Phi) is 7.40. The Morgan fingerprint density at radius 3 is 2.80 bits per heavy atom. The van der Waals surface area contributed by atoms with E-state index >= 15 is 0 Å². The number of hydrogen-bond acceptors (Lipinski definition) is 4. The fourth-order valence-corrected chi connectivity index (χ4v) is 2.36. The Morgan fingerprint density at radius 1 is 1.45 bits per heavy atom. The van der Waals surface area contributed by atoms with Crippen LogP contribution in [0.5, 0.6) is 11.5 Å². The number of carbonyl (C=O) groups is 1. The molecule has 0 bridgehead atoms. The number of carboxylic acid groups (broad SMARTS) is 1. The predicted molar refractivity (Wildman–Crippen MR) is 80.4 cm³/mol. The van der Waals surface area contributed by atoms with Gasteiger partial charge < -0.3 is 19.9 Å². The average Bonchev–Trinajstić information content (AvgIpc) is 2.40. The summed E-state index contributed by atoms with van der Waals surface area (Å²) in [5.41, 5.74) is 1.05. The second-order valence-electron chi connectivity index (χ2n) is 4.22. The van der Waals surface area contributed by atoms with Crippen LogP contribution in [0.4, 0.5) is 0 Å². The van der Waals surface area contributed by atoms with Crippen LogP contribution >= 0.6 is 15.9 Å². The van der Waals surface area contributed by atoms with Crippen molar-refractivity contribution in [2.24, 2.45) is 0 Å². The van der Waals surface area contributed by atoms with E-state index in [-0.39, 0.29) is 6.42 Å². The van der Waals surface area contributed by atoms with Crippen molar-refractivity contribution < 1.29 is 19.4 Å². The molecule has 0 unspecified atom stereocenters. The first-order chi connectivity index (χ1) is 9.58. The zero-order valence-electron chi connectivity index (χ0n) is 11.7. The SMILES string of the molecule is CCOc1c(Br)cc(CNCCCC(=O)O)cc1OC. The number of aliphatic carboxylic acids is 1. The highest BCUT2D eigenvalue weighted by atomic mass is 79.9. The van der Waals surface area contributed by atoms with Gasteiger partial charge in [-0.25, -0.2) is 0 Å². The normalized spacial score (nSPS) is 10.3. The van der Waals surface area contributed by atoms with Gasteiger partial charge in [0.05, 0.1) is 18.2 Å². The Bertz CT molecular complexity index is 451. The molecule has 0 fully saturated rings. The van der Waals surface area contributed by atoms with Crippen LogP contribution in [0.25, 0.3) is 0 Å². The molecule has 112 valence electrons. The number of rotatable bonds is 9. The molecule has 6 heteroatoms. The van der Waals surface area contributed by atoms with E-state index in [1.165, 1.54) is 0 Å². The van der Waals surface area contributed by atoms with Gasteiger partial charge in [0.25, 0.3) is 0 Å². The van der Waals surface area contributed by atoms with Crippen molar-refractivity contribution in [3.8, 4) is 11.5 Å². The van der Waals surface area contributed by atoms with Gasteiger partial charge in [-0.2, -0.15) is 0 Å².